The first-order valence-corrected chi connectivity index (χ1v) is 12.0. The Morgan fingerprint density at radius 2 is 2.03 bits per heavy atom. The Balaban J connectivity index is 1.22. The zero-order chi connectivity index (χ0) is 23.2. The smallest absolute Gasteiger partial charge is 0.409 e. The first-order valence-electron chi connectivity index (χ1n) is 12.0. The van der Waals surface area contributed by atoms with Crippen LogP contribution in [0.5, 0.6) is 0 Å². The summed E-state index contributed by atoms with van der Waals surface area (Å²) in [6, 6.07) is 2.14. The summed E-state index contributed by atoms with van der Waals surface area (Å²) >= 11 is 0. The van der Waals surface area contributed by atoms with Gasteiger partial charge in [-0.3, -0.25) is 10.00 Å². The van der Waals surface area contributed by atoms with Crippen molar-refractivity contribution >= 4 is 11.9 Å². The second-order valence-corrected chi connectivity index (χ2v) is 9.81. The molecule has 8 nitrogen and oxygen atoms in total. The van der Waals surface area contributed by atoms with Gasteiger partial charge in [0.05, 0.1) is 18.5 Å². The van der Waals surface area contributed by atoms with Gasteiger partial charge in [-0.1, -0.05) is 0 Å². The van der Waals surface area contributed by atoms with Crippen LogP contribution in [0.15, 0.2) is 12.3 Å². The van der Waals surface area contributed by atoms with E-state index in [1.165, 1.54) is 19.0 Å². The van der Waals surface area contributed by atoms with Crippen LogP contribution in [0.25, 0.3) is 11.1 Å². The molecule has 4 heterocycles. The topological polar surface area (TPSA) is 77.6 Å². The summed E-state index contributed by atoms with van der Waals surface area (Å²) in [6.07, 6.45) is 4.64. The molecular weight excluding hydrogens is 423 g/mol. The highest BCUT2D eigenvalue weighted by Gasteiger charge is 2.51. The molecule has 0 bridgehead atoms. The van der Waals surface area contributed by atoms with E-state index < -0.39 is 0 Å². The lowest BCUT2D eigenvalue weighted by Crippen LogP contribution is -2.58. The summed E-state index contributed by atoms with van der Waals surface area (Å²) in [5, 5.41) is 7.30. The fraction of sp³-hybridized carbons (Fsp3) is 0.625. The minimum atomic E-state index is -0.332. The van der Waals surface area contributed by atoms with Crippen molar-refractivity contribution in [2.45, 2.75) is 46.1 Å². The standard InChI is InChI=1S/C24H33FN6O2/c1-4-33-23(32)31-14-24(15-31)6-5-19(12-24)29-7-9-30(10-8-29)22-20(11-18(25)13-26-22)21-16(2)27-28-17(21)3/h11,13,19H,4-10,12,14-15H2,1-3H3,(H,27,28)/t19-/m1/s1. The van der Waals surface area contributed by atoms with Crippen LogP contribution in [0.2, 0.25) is 0 Å². The van der Waals surface area contributed by atoms with Crippen LogP contribution in [0.3, 0.4) is 0 Å². The molecule has 1 saturated carbocycles. The predicted octanol–water partition coefficient (Wildman–Crippen LogP) is 3.36. The molecule has 1 amide bonds. The molecule has 0 unspecified atom stereocenters. The van der Waals surface area contributed by atoms with Gasteiger partial charge in [-0.05, 0) is 46.1 Å². The van der Waals surface area contributed by atoms with Crippen LogP contribution >= 0.6 is 0 Å². The largest absolute Gasteiger partial charge is 0.450 e. The molecule has 178 valence electrons. The summed E-state index contributed by atoms with van der Waals surface area (Å²) in [4.78, 5) is 23.1. The van der Waals surface area contributed by atoms with E-state index in [9.17, 15) is 9.18 Å². The minimum absolute atomic E-state index is 0.175. The van der Waals surface area contributed by atoms with E-state index in [2.05, 4.69) is 25.0 Å². The zero-order valence-corrected chi connectivity index (χ0v) is 19.7. The number of anilines is 1. The van der Waals surface area contributed by atoms with E-state index in [1.807, 2.05) is 25.7 Å². The Hall–Kier alpha value is -2.68. The van der Waals surface area contributed by atoms with Crippen molar-refractivity contribution in [2.24, 2.45) is 5.41 Å². The lowest BCUT2D eigenvalue weighted by Gasteiger charge is -2.48. The third kappa shape index (κ3) is 4.07. The number of amides is 1. The van der Waals surface area contributed by atoms with Crippen molar-refractivity contribution in [1.29, 1.82) is 0 Å². The number of likely N-dealkylation sites (tertiary alicyclic amines) is 1. The van der Waals surface area contributed by atoms with Crippen molar-refractivity contribution in [1.82, 2.24) is 25.0 Å². The summed E-state index contributed by atoms with van der Waals surface area (Å²) in [7, 11) is 0. The van der Waals surface area contributed by atoms with E-state index >= 15 is 0 Å². The molecule has 1 atom stereocenters. The number of aryl methyl sites for hydroxylation is 2. The molecule has 0 aromatic carbocycles. The molecule has 2 aromatic rings. The highest BCUT2D eigenvalue weighted by Crippen LogP contribution is 2.47. The molecule has 1 N–H and O–H groups in total. The van der Waals surface area contributed by atoms with Gasteiger partial charge < -0.3 is 14.5 Å². The second-order valence-electron chi connectivity index (χ2n) is 9.81. The maximum atomic E-state index is 14.1. The monoisotopic (exact) mass is 456 g/mol. The van der Waals surface area contributed by atoms with Gasteiger partial charge in [0.15, 0.2) is 0 Å². The fourth-order valence-corrected chi connectivity index (χ4v) is 6.00. The first-order chi connectivity index (χ1) is 15.9. The highest BCUT2D eigenvalue weighted by molar-refractivity contribution is 5.79. The number of ether oxygens (including phenoxy) is 1. The number of H-pyrrole nitrogens is 1. The van der Waals surface area contributed by atoms with Crippen LogP contribution < -0.4 is 4.90 Å². The highest BCUT2D eigenvalue weighted by atomic mass is 19.1. The number of hydrogen-bond donors (Lipinski definition) is 1. The van der Waals surface area contributed by atoms with E-state index in [0.29, 0.717) is 12.6 Å². The Morgan fingerprint density at radius 3 is 2.70 bits per heavy atom. The molecule has 2 saturated heterocycles. The van der Waals surface area contributed by atoms with Gasteiger partial charge >= 0.3 is 6.09 Å². The Labute approximate surface area is 194 Å². The van der Waals surface area contributed by atoms with Crippen molar-refractivity contribution in [3.63, 3.8) is 0 Å². The van der Waals surface area contributed by atoms with E-state index in [-0.39, 0.29) is 17.3 Å². The number of nitrogens with one attached hydrogen (secondary N) is 1. The molecule has 3 aliphatic rings. The normalized spacial score (nSPS) is 22.6. The maximum Gasteiger partial charge on any atom is 0.409 e. The third-order valence-corrected chi connectivity index (χ3v) is 7.62. The number of aromatic amines is 1. The quantitative estimate of drug-likeness (QED) is 0.760. The molecule has 2 aliphatic heterocycles. The maximum absolute atomic E-state index is 14.1. The molecule has 3 fully saturated rings. The van der Waals surface area contributed by atoms with E-state index in [0.717, 1.165) is 74.0 Å². The van der Waals surface area contributed by atoms with Crippen LogP contribution in [0.4, 0.5) is 15.0 Å². The number of nitrogens with zero attached hydrogens (tertiary/aromatic N) is 5. The molecule has 33 heavy (non-hydrogen) atoms. The molecule has 1 spiro atoms. The van der Waals surface area contributed by atoms with Crippen molar-refractivity contribution in [2.75, 3.05) is 50.8 Å². The number of halogens is 1. The Kier molecular flexibility index (Phi) is 5.76. The van der Waals surface area contributed by atoms with Gasteiger partial charge in [0.25, 0.3) is 0 Å². The summed E-state index contributed by atoms with van der Waals surface area (Å²) in [5.41, 5.74) is 3.80. The fourth-order valence-electron chi connectivity index (χ4n) is 6.00. The lowest BCUT2D eigenvalue weighted by atomic mass is 9.78. The Morgan fingerprint density at radius 1 is 1.27 bits per heavy atom. The van der Waals surface area contributed by atoms with Gasteiger partial charge in [0.1, 0.15) is 11.6 Å². The van der Waals surface area contributed by atoms with Crippen LogP contribution in [0, 0.1) is 25.1 Å². The number of aromatic nitrogens is 3. The van der Waals surface area contributed by atoms with Gasteiger partial charge in [-0.2, -0.15) is 5.10 Å². The van der Waals surface area contributed by atoms with E-state index in [4.69, 9.17) is 4.74 Å². The molecule has 1 aliphatic carbocycles. The first kappa shape index (κ1) is 22.1. The predicted molar refractivity (Wildman–Crippen MR) is 124 cm³/mol. The summed E-state index contributed by atoms with van der Waals surface area (Å²) in [5.74, 6) is 0.497. The van der Waals surface area contributed by atoms with Gasteiger partial charge in [0, 0.05) is 67.5 Å². The number of carbonyl (C=O) groups is 1. The van der Waals surface area contributed by atoms with Gasteiger partial charge in [0.2, 0.25) is 0 Å². The second kappa shape index (κ2) is 8.59. The average molecular weight is 457 g/mol. The average Bonchev–Trinajstić information content (AvgIpc) is 3.37. The third-order valence-electron chi connectivity index (χ3n) is 7.62. The number of hydrogen-bond acceptors (Lipinski definition) is 6. The van der Waals surface area contributed by atoms with Crippen molar-refractivity contribution in [3.8, 4) is 11.1 Å². The van der Waals surface area contributed by atoms with Gasteiger partial charge in [-0.15, -0.1) is 0 Å². The summed E-state index contributed by atoms with van der Waals surface area (Å²) in [6.45, 7) is 11.5. The van der Waals surface area contributed by atoms with Gasteiger partial charge in [-0.25, -0.2) is 14.2 Å². The number of rotatable bonds is 4. The molecule has 9 heteroatoms. The molecule has 2 aromatic heterocycles. The number of pyridine rings is 1. The van der Waals surface area contributed by atoms with Crippen molar-refractivity contribution in [3.05, 3.63) is 29.5 Å². The lowest BCUT2D eigenvalue weighted by molar-refractivity contribution is -0.00294. The van der Waals surface area contributed by atoms with Crippen LogP contribution in [0.1, 0.15) is 37.6 Å². The van der Waals surface area contributed by atoms with Crippen LogP contribution in [-0.2, 0) is 4.74 Å². The molecular formula is C24H33FN6O2. The number of piperazine rings is 1. The zero-order valence-electron chi connectivity index (χ0n) is 19.7. The summed E-state index contributed by atoms with van der Waals surface area (Å²) < 4.78 is 19.3. The number of carbonyl (C=O) groups excluding carboxylic acids is 1. The van der Waals surface area contributed by atoms with Crippen LogP contribution in [-0.4, -0.2) is 83.0 Å². The Bertz CT molecular complexity index is 1010. The van der Waals surface area contributed by atoms with E-state index in [1.54, 1.807) is 6.07 Å². The molecule has 5 rings (SSSR count). The SMILES string of the molecule is CCOC(=O)N1CC2(CC[C@@H](N3CCN(c4ncc(F)cc4-c4c(C)n[nH]c4C)CC3)C2)C1. The minimum Gasteiger partial charge on any atom is -0.450 e. The molecule has 0 radical (unpaired) electrons. The van der Waals surface area contributed by atoms with Crippen molar-refractivity contribution < 1.29 is 13.9 Å².